The molecule has 0 spiro atoms. The smallest absolute Gasteiger partial charge is 0.231 e. The lowest BCUT2D eigenvalue weighted by molar-refractivity contribution is 0.213. The van der Waals surface area contributed by atoms with E-state index in [0.717, 1.165) is 31.6 Å². The molecule has 0 amide bonds. The van der Waals surface area contributed by atoms with Crippen LogP contribution in [0.3, 0.4) is 0 Å². The van der Waals surface area contributed by atoms with Crippen molar-refractivity contribution in [2.24, 2.45) is 5.92 Å². The minimum atomic E-state index is -0.370. The maximum absolute atomic E-state index is 13.7. The quantitative estimate of drug-likeness (QED) is 0.729. The summed E-state index contributed by atoms with van der Waals surface area (Å²) in [5.74, 6) is 1.03. The van der Waals surface area contributed by atoms with Gasteiger partial charge in [-0.1, -0.05) is 0 Å². The van der Waals surface area contributed by atoms with Crippen LogP contribution in [-0.4, -0.2) is 44.3 Å². The Bertz CT molecular complexity index is 830. The number of anilines is 1. The molecule has 3 aromatic rings. The minimum absolute atomic E-state index is 0.370. The number of aromatic nitrogens is 5. The van der Waals surface area contributed by atoms with E-state index in [9.17, 15) is 4.39 Å². The third-order valence-electron chi connectivity index (χ3n) is 4.26. The zero-order valence-corrected chi connectivity index (χ0v) is 13.0. The highest BCUT2D eigenvalue weighted by Gasteiger charge is 2.22. The van der Waals surface area contributed by atoms with Crippen molar-refractivity contribution in [1.29, 1.82) is 0 Å². The lowest BCUT2D eigenvalue weighted by Gasteiger charge is -2.32. The van der Waals surface area contributed by atoms with Crippen LogP contribution in [0.5, 0.6) is 5.88 Å². The second kappa shape index (κ2) is 6.38. The number of hydrogen-bond donors (Lipinski definition) is 0. The molecule has 0 saturated carbocycles. The summed E-state index contributed by atoms with van der Waals surface area (Å²) in [6.45, 7) is 2.12. The molecule has 4 rings (SSSR count). The van der Waals surface area contributed by atoms with Gasteiger partial charge in [0.05, 0.1) is 12.8 Å². The van der Waals surface area contributed by atoms with Gasteiger partial charge in [-0.2, -0.15) is 0 Å². The molecule has 3 aromatic heterocycles. The number of rotatable bonds is 4. The number of hydrogen-bond acceptors (Lipinski definition) is 6. The molecule has 1 aliphatic heterocycles. The fourth-order valence-corrected chi connectivity index (χ4v) is 2.93. The Morgan fingerprint density at radius 2 is 2.08 bits per heavy atom. The first-order valence-corrected chi connectivity index (χ1v) is 7.93. The predicted molar refractivity (Wildman–Crippen MR) is 85.4 cm³/mol. The standard InChI is InChI=1S/C16H17FN6O/c17-13-9-18-11-20-16(13)22-6-3-12(4-7-22)10-24-15-2-1-14-19-5-8-23(14)21-15/h1-2,5,8-9,11-12H,3-4,6-7,10H2. The molecule has 0 aliphatic carbocycles. The van der Waals surface area contributed by atoms with Gasteiger partial charge in [-0.05, 0) is 24.8 Å². The molecule has 8 heteroatoms. The summed E-state index contributed by atoms with van der Waals surface area (Å²) in [5.41, 5.74) is 0.794. The highest BCUT2D eigenvalue weighted by atomic mass is 19.1. The third kappa shape index (κ3) is 2.99. The van der Waals surface area contributed by atoms with Crippen LogP contribution in [0.1, 0.15) is 12.8 Å². The average molecular weight is 328 g/mol. The van der Waals surface area contributed by atoms with E-state index in [1.165, 1.54) is 12.5 Å². The SMILES string of the molecule is Fc1cncnc1N1CCC(COc2ccc3nccn3n2)CC1. The minimum Gasteiger partial charge on any atom is -0.476 e. The van der Waals surface area contributed by atoms with Crippen LogP contribution in [0.2, 0.25) is 0 Å². The molecular weight excluding hydrogens is 311 g/mol. The zero-order valence-electron chi connectivity index (χ0n) is 13.0. The van der Waals surface area contributed by atoms with Gasteiger partial charge < -0.3 is 9.64 Å². The van der Waals surface area contributed by atoms with Gasteiger partial charge in [-0.15, -0.1) is 5.10 Å². The van der Waals surface area contributed by atoms with Gasteiger partial charge in [0.15, 0.2) is 17.3 Å². The first kappa shape index (κ1) is 14.8. The summed E-state index contributed by atoms with van der Waals surface area (Å²) in [6, 6.07) is 3.70. The molecule has 4 heterocycles. The summed E-state index contributed by atoms with van der Waals surface area (Å²) < 4.78 is 21.2. The fraction of sp³-hybridized carbons (Fsp3) is 0.375. The molecule has 124 valence electrons. The molecule has 0 atom stereocenters. The molecule has 0 radical (unpaired) electrons. The normalized spacial score (nSPS) is 15.8. The second-order valence-electron chi connectivity index (χ2n) is 5.84. The van der Waals surface area contributed by atoms with Gasteiger partial charge in [-0.3, -0.25) is 0 Å². The van der Waals surface area contributed by atoms with E-state index in [1.807, 2.05) is 17.0 Å². The number of imidazole rings is 1. The van der Waals surface area contributed by atoms with Crippen molar-refractivity contribution >= 4 is 11.5 Å². The van der Waals surface area contributed by atoms with E-state index in [1.54, 1.807) is 16.9 Å². The first-order valence-electron chi connectivity index (χ1n) is 7.93. The van der Waals surface area contributed by atoms with Crippen LogP contribution in [0.4, 0.5) is 10.2 Å². The fourth-order valence-electron chi connectivity index (χ4n) is 2.93. The van der Waals surface area contributed by atoms with E-state index in [-0.39, 0.29) is 5.82 Å². The number of fused-ring (bicyclic) bond motifs is 1. The van der Waals surface area contributed by atoms with E-state index >= 15 is 0 Å². The Labute approximate surface area is 138 Å². The van der Waals surface area contributed by atoms with Crippen LogP contribution >= 0.6 is 0 Å². The molecule has 1 aliphatic rings. The number of nitrogens with zero attached hydrogens (tertiary/aromatic N) is 6. The van der Waals surface area contributed by atoms with E-state index in [0.29, 0.717) is 24.2 Å². The highest BCUT2D eigenvalue weighted by Crippen LogP contribution is 2.23. The van der Waals surface area contributed by atoms with E-state index in [2.05, 4.69) is 20.1 Å². The summed E-state index contributed by atoms with van der Waals surface area (Å²) in [6.07, 6.45) is 7.93. The van der Waals surface area contributed by atoms with Crippen molar-refractivity contribution in [2.45, 2.75) is 12.8 Å². The van der Waals surface area contributed by atoms with E-state index < -0.39 is 0 Å². The Morgan fingerprint density at radius 3 is 2.92 bits per heavy atom. The molecule has 0 unspecified atom stereocenters. The van der Waals surface area contributed by atoms with Gasteiger partial charge in [0.1, 0.15) is 6.33 Å². The average Bonchev–Trinajstić information content (AvgIpc) is 3.09. The van der Waals surface area contributed by atoms with E-state index in [4.69, 9.17) is 4.74 Å². The van der Waals surface area contributed by atoms with Crippen molar-refractivity contribution in [1.82, 2.24) is 24.6 Å². The summed E-state index contributed by atoms with van der Waals surface area (Å²) in [5, 5.41) is 4.35. The third-order valence-corrected chi connectivity index (χ3v) is 4.26. The Kier molecular flexibility index (Phi) is 3.94. The van der Waals surface area contributed by atoms with Crippen molar-refractivity contribution in [3.05, 3.63) is 42.9 Å². The van der Waals surface area contributed by atoms with Crippen LogP contribution in [0.25, 0.3) is 5.65 Å². The maximum atomic E-state index is 13.7. The van der Waals surface area contributed by atoms with Crippen molar-refractivity contribution in [3.63, 3.8) is 0 Å². The monoisotopic (exact) mass is 328 g/mol. The first-order chi connectivity index (χ1) is 11.8. The molecule has 1 fully saturated rings. The van der Waals surface area contributed by atoms with Crippen LogP contribution < -0.4 is 9.64 Å². The molecule has 24 heavy (non-hydrogen) atoms. The summed E-state index contributed by atoms with van der Waals surface area (Å²) >= 11 is 0. The number of ether oxygens (including phenoxy) is 1. The van der Waals surface area contributed by atoms with Crippen molar-refractivity contribution < 1.29 is 9.13 Å². The topological polar surface area (TPSA) is 68.4 Å². The Hall–Kier alpha value is -2.77. The highest BCUT2D eigenvalue weighted by molar-refractivity contribution is 5.39. The molecular formula is C16H17FN6O. The van der Waals surface area contributed by atoms with Gasteiger partial charge in [0, 0.05) is 31.5 Å². The summed E-state index contributed by atoms with van der Waals surface area (Å²) in [4.78, 5) is 13.8. The predicted octanol–water partition coefficient (Wildman–Crippen LogP) is 1.95. The van der Waals surface area contributed by atoms with Gasteiger partial charge in [0.2, 0.25) is 5.88 Å². The Balaban J connectivity index is 1.32. The zero-order chi connectivity index (χ0) is 16.4. The summed E-state index contributed by atoms with van der Waals surface area (Å²) in [7, 11) is 0. The largest absolute Gasteiger partial charge is 0.476 e. The van der Waals surface area contributed by atoms with Gasteiger partial charge in [-0.25, -0.2) is 23.9 Å². The van der Waals surface area contributed by atoms with Crippen LogP contribution in [0, 0.1) is 11.7 Å². The van der Waals surface area contributed by atoms with Crippen LogP contribution in [-0.2, 0) is 0 Å². The lowest BCUT2D eigenvalue weighted by Crippen LogP contribution is -2.36. The second-order valence-corrected chi connectivity index (χ2v) is 5.84. The van der Waals surface area contributed by atoms with Gasteiger partial charge in [0.25, 0.3) is 0 Å². The van der Waals surface area contributed by atoms with Gasteiger partial charge >= 0.3 is 0 Å². The molecule has 0 N–H and O–H groups in total. The van der Waals surface area contributed by atoms with Crippen molar-refractivity contribution in [3.8, 4) is 5.88 Å². The Morgan fingerprint density at radius 1 is 1.21 bits per heavy atom. The number of halogens is 1. The molecule has 0 bridgehead atoms. The molecule has 1 saturated heterocycles. The lowest BCUT2D eigenvalue weighted by atomic mass is 9.98. The molecule has 0 aromatic carbocycles. The van der Waals surface area contributed by atoms with Crippen molar-refractivity contribution in [2.75, 3.05) is 24.6 Å². The molecule has 7 nitrogen and oxygen atoms in total. The number of piperidine rings is 1. The van der Waals surface area contributed by atoms with Crippen LogP contribution in [0.15, 0.2) is 37.1 Å². The maximum Gasteiger partial charge on any atom is 0.231 e.